The second-order valence-electron chi connectivity index (χ2n) is 4.46. The van der Waals surface area contributed by atoms with Gasteiger partial charge < -0.3 is 15.8 Å². The third-order valence-electron chi connectivity index (χ3n) is 3.03. The van der Waals surface area contributed by atoms with E-state index in [0.29, 0.717) is 16.5 Å². The van der Waals surface area contributed by atoms with Crippen molar-refractivity contribution in [3.63, 3.8) is 0 Å². The molecule has 0 aliphatic carbocycles. The standard InChI is InChI=1S/C15H14ClFN2O2/c1-8-6-12(13(21-2)7-10(8)16)19-15(20)9-4-3-5-11(17)14(9)18/h3-7H,18H2,1-2H3,(H,19,20). The fourth-order valence-electron chi connectivity index (χ4n) is 1.85. The van der Waals surface area contributed by atoms with Crippen LogP contribution in [0.4, 0.5) is 15.8 Å². The molecule has 0 spiro atoms. The number of benzene rings is 2. The summed E-state index contributed by atoms with van der Waals surface area (Å²) in [6.07, 6.45) is 0. The summed E-state index contributed by atoms with van der Waals surface area (Å²) in [6.45, 7) is 1.80. The number of carbonyl (C=O) groups excluding carboxylic acids is 1. The summed E-state index contributed by atoms with van der Waals surface area (Å²) in [6, 6.07) is 7.34. The SMILES string of the molecule is COc1cc(Cl)c(C)cc1NC(=O)c1cccc(F)c1N. The Morgan fingerprint density at radius 2 is 2.10 bits per heavy atom. The lowest BCUT2D eigenvalue weighted by molar-refractivity contribution is 0.102. The number of methoxy groups -OCH3 is 1. The van der Waals surface area contributed by atoms with E-state index in [9.17, 15) is 9.18 Å². The van der Waals surface area contributed by atoms with Crippen molar-refractivity contribution in [2.45, 2.75) is 6.92 Å². The van der Waals surface area contributed by atoms with Gasteiger partial charge in [-0.05, 0) is 30.7 Å². The lowest BCUT2D eigenvalue weighted by Gasteiger charge is -2.13. The number of amides is 1. The number of anilines is 2. The number of halogens is 2. The van der Waals surface area contributed by atoms with Crippen molar-refractivity contribution < 1.29 is 13.9 Å². The summed E-state index contributed by atoms with van der Waals surface area (Å²) in [5, 5.41) is 3.17. The van der Waals surface area contributed by atoms with Crippen LogP contribution in [0.2, 0.25) is 5.02 Å². The topological polar surface area (TPSA) is 64.3 Å². The van der Waals surface area contributed by atoms with Crippen molar-refractivity contribution in [2.24, 2.45) is 0 Å². The number of carbonyl (C=O) groups is 1. The second kappa shape index (κ2) is 6.01. The zero-order valence-corrected chi connectivity index (χ0v) is 12.3. The number of hydrogen-bond acceptors (Lipinski definition) is 3. The number of rotatable bonds is 3. The molecule has 0 aliphatic rings. The van der Waals surface area contributed by atoms with E-state index in [4.69, 9.17) is 22.1 Å². The summed E-state index contributed by atoms with van der Waals surface area (Å²) in [5.74, 6) is -0.747. The zero-order chi connectivity index (χ0) is 15.6. The molecule has 6 heteroatoms. The maximum absolute atomic E-state index is 13.4. The van der Waals surface area contributed by atoms with Crippen molar-refractivity contribution in [3.05, 3.63) is 52.3 Å². The first-order chi connectivity index (χ1) is 9.93. The van der Waals surface area contributed by atoms with Crippen molar-refractivity contribution >= 4 is 28.9 Å². The van der Waals surface area contributed by atoms with Crippen LogP contribution in [0.5, 0.6) is 5.75 Å². The summed E-state index contributed by atoms with van der Waals surface area (Å²) < 4.78 is 18.6. The number of ether oxygens (including phenoxy) is 1. The normalized spacial score (nSPS) is 10.3. The second-order valence-corrected chi connectivity index (χ2v) is 4.86. The smallest absolute Gasteiger partial charge is 0.257 e. The van der Waals surface area contributed by atoms with E-state index >= 15 is 0 Å². The minimum Gasteiger partial charge on any atom is -0.495 e. The molecular formula is C15H14ClFN2O2. The number of nitrogens with two attached hydrogens (primary N) is 1. The Balaban J connectivity index is 2.36. The number of aryl methyl sites for hydroxylation is 1. The average molecular weight is 309 g/mol. The third-order valence-corrected chi connectivity index (χ3v) is 3.43. The van der Waals surface area contributed by atoms with Crippen LogP contribution in [0.25, 0.3) is 0 Å². The van der Waals surface area contributed by atoms with Crippen LogP contribution >= 0.6 is 11.6 Å². The highest BCUT2D eigenvalue weighted by atomic mass is 35.5. The summed E-state index contributed by atoms with van der Waals surface area (Å²) in [5.41, 5.74) is 6.65. The molecule has 0 saturated heterocycles. The molecule has 0 fully saturated rings. The molecule has 4 nitrogen and oxygen atoms in total. The van der Waals surface area contributed by atoms with Gasteiger partial charge in [0.25, 0.3) is 5.91 Å². The largest absolute Gasteiger partial charge is 0.495 e. The van der Waals surface area contributed by atoms with Crippen LogP contribution in [0, 0.1) is 12.7 Å². The third kappa shape index (κ3) is 3.08. The van der Waals surface area contributed by atoms with Crippen molar-refractivity contribution in [1.29, 1.82) is 0 Å². The van der Waals surface area contributed by atoms with Gasteiger partial charge in [0, 0.05) is 11.1 Å². The highest BCUT2D eigenvalue weighted by Gasteiger charge is 2.15. The van der Waals surface area contributed by atoms with Gasteiger partial charge in [-0.3, -0.25) is 4.79 Å². The van der Waals surface area contributed by atoms with Gasteiger partial charge in [0.1, 0.15) is 11.6 Å². The first-order valence-electron chi connectivity index (χ1n) is 6.13. The van der Waals surface area contributed by atoms with E-state index in [1.54, 1.807) is 19.1 Å². The van der Waals surface area contributed by atoms with E-state index in [1.165, 1.54) is 25.3 Å². The van der Waals surface area contributed by atoms with Crippen LogP contribution in [-0.2, 0) is 0 Å². The van der Waals surface area contributed by atoms with E-state index in [2.05, 4.69) is 5.32 Å². The first kappa shape index (κ1) is 15.1. The molecule has 2 rings (SSSR count). The van der Waals surface area contributed by atoms with E-state index < -0.39 is 11.7 Å². The Morgan fingerprint density at radius 3 is 2.76 bits per heavy atom. The van der Waals surface area contributed by atoms with Gasteiger partial charge in [0.05, 0.1) is 24.0 Å². The Kier molecular flexibility index (Phi) is 4.33. The Morgan fingerprint density at radius 1 is 1.38 bits per heavy atom. The molecule has 2 aromatic carbocycles. The Labute approximate surface area is 126 Å². The van der Waals surface area contributed by atoms with Crippen LogP contribution < -0.4 is 15.8 Å². The minimum atomic E-state index is -0.637. The lowest BCUT2D eigenvalue weighted by atomic mass is 10.1. The molecule has 0 atom stereocenters. The van der Waals surface area contributed by atoms with Crippen LogP contribution in [0.3, 0.4) is 0 Å². The monoisotopic (exact) mass is 308 g/mol. The fourth-order valence-corrected chi connectivity index (χ4v) is 2.01. The number of nitrogens with one attached hydrogen (secondary N) is 1. The molecular weight excluding hydrogens is 295 g/mol. The van der Waals surface area contributed by atoms with E-state index in [0.717, 1.165) is 5.56 Å². The summed E-state index contributed by atoms with van der Waals surface area (Å²) in [7, 11) is 1.47. The predicted octanol–water partition coefficient (Wildman–Crippen LogP) is 3.63. The molecule has 1 amide bonds. The number of hydrogen-bond donors (Lipinski definition) is 2. The number of para-hydroxylation sites is 1. The molecule has 3 N–H and O–H groups in total. The predicted molar refractivity (Wildman–Crippen MR) is 81.5 cm³/mol. The highest BCUT2D eigenvalue weighted by Crippen LogP contribution is 2.31. The molecule has 0 heterocycles. The average Bonchev–Trinajstić information content (AvgIpc) is 2.45. The fraction of sp³-hybridized carbons (Fsp3) is 0.133. The Hall–Kier alpha value is -2.27. The van der Waals surface area contributed by atoms with Gasteiger partial charge in [-0.25, -0.2) is 4.39 Å². The summed E-state index contributed by atoms with van der Waals surface area (Å²) in [4.78, 5) is 12.2. The molecule has 110 valence electrons. The van der Waals surface area contributed by atoms with Crippen molar-refractivity contribution in [1.82, 2.24) is 0 Å². The Bertz CT molecular complexity index is 704. The van der Waals surface area contributed by atoms with Crippen molar-refractivity contribution in [2.75, 3.05) is 18.2 Å². The minimum absolute atomic E-state index is 0.0599. The van der Waals surface area contributed by atoms with Gasteiger partial charge in [-0.2, -0.15) is 0 Å². The molecule has 0 unspecified atom stereocenters. The van der Waals surface area contributed by atoms with Gasteiger partial charge in [-0.15, -0.1) is 0 Å². The molecule has 0 saturated carbocycles. The zero-order valence-electron chi connectivity index (χ0n) is 11.5. The molecule has 0 aliphatic heterocycles. The molecule has 2 aromatic rings. The van der Waals surface area contributed by atoms with Gasteiger partial charge in [0.2, 0.25) is 0 Å². The lowest BCUT2D eigenvalue weighted by Crippen LogP contribution is -2.15. The first-order valence-corrected chi connectivity index (χ1v) is 6.51. The van der Waals surface area contributed by atoms with E-state index in [1.807, 2.05) is 0 Å². The van der Waals surface area contributed by atoms with Gasteiger partial charge in [0.15, 0.2) is 0 Å². The van der Waals surface area contributed by atoms with E-state index in [-0.39, 0.29) is 11.3 Å². The molecule has 0 radical (unpaired) electrons. The number of nitrogen functional groups attached to an aromatic ring is 1. The molecule has 21 heavy (non-hydrogen) atoms. The van der Waals surface area contributed by atoms with Gasteiger partial charge >= 0.3 is 0 Å². The quantitative estimate of drug-likeness (QED) is 0.851. The van der Waals surface area contributed by atoms with Crippen LogP contribution in [0.1, 0.15) is 15.9 Å². The van der Waals surface area contributed by atoms with Crippen LogP contribution in [-0.4, -0.2) is 13.0 Å². The summed E-state index contributed by atoms with van der Waals surface area (Å²) >= 11 is 6.00. The molecule has 0 aromatic heterocycles. The molecule has 0 bridgehead atoms. The van der Waals surface area contributed by atoms with Gasteiger partial charge in [-0.1, -0.05) is 17.7 Å². The highest BCUT2D eigenvalue weighted by molar-refractivity contribution is 6.31. The van der Waals surface area contributed by atoms with Crippen LogP contribution in [0.15, 0.2) is 30.3 Å². The maximum atomic E-state index is 13.4. The maximum Gasteiger partial charge on any atom is 0.257 e. The van der Waals surface area contributed by atoms with Crippen molar-refractivity contribution in [3.8, 4) is 5.75 Å².